The van der Waals surface area contributed by atoms with Crippen LogP contribution >= 0.6 is 0 Å². The molecule has 1 N–H and O–H groups in total. The molecule has 1 aliphatic heterocycles. The molecule has 1 nitrogen and oxygen atoms in total. The Kier molecular flexibility index (Phi) is 3.86. The van der Waals surface area contributed by atoms with Gasteiger partial charge in [0, 0.05) is 0 Å². The van der Waals surface area contributed by atoms with Gasteiger partial charge < -0.3 is 5.32 Å². The molecule has 82 valence electrons. The standard InChI is InChI=1S/C13H25N/c1-11-6-7-13(10-11)12-4-2-8-14-9-3-5-12/h11-14H,2-10H2,1H3. The van der Waals surface area contributed by atoms with Crippen LogP contribution in [0.15, 0.2) is 0 Å². The van der Waals surface area contributed by atoms with Crippen LogP contribution < -0.4 is 5.32 Å². The molecule has 0 aromatic heterocycles. The van der Waals surface area contributed by atoms with E-state index in [2.05, 4.69) is 12.2 Å². The van der Waals surface area contributed by atoms with Crippen molar-refractivity contribution in [1.82, 2.24) is 5.32 Å². The van der Waals surface area contributed by atoms with Crippen molar-refractivity contribution in [3.05, 3.63) is 0 Å². The molecule has 1 heterocycles. The second kappa shape index (κ2) is 5.16. The van der Waals surface area contributed by atoms with Crippen LogP contribution in [0.1, 0.15) is 51.9 Å². The van der Waals surface area contributed by atoms with Crippen LogP contribution in [0.3, 0.4) is 0 Å². The maximum Gasteiger partial charge on any atom is -0.00488 e. The van der Waals surface area contributed by atoms with E-state index < -0.39 is 0 Å². The van der Waals surface area contributed by atoms with Crippen LogP contribution in [0.25, 0.3) is 0 Å². The smallest absolute Gasteiger partial charge is 0.00488 e. The van der Waals surface area contributed by atoms with Crippen molar-refractivity contribution >= 4 is 0 Å². The van der Waals surface area contributed by atoms with E-state index >= 15 is 0 Å². The van der Waals surface area contributed by atoms with Gasteiger partial charge in [0.15, 0.2) is 0 Å². The first-order valence-corrected chi connectivity index (χ1v) is 6.57. The van der Waals surface area contributed by atoms with Gasteiger partial charge in [-0.05, 0) is 69.4 Å². The van der Waals surface area contributed by atoms with Crippen LogP contribution in [0.4, 0.5) is 0 Å². The quantitative estimate of drug-likeness (QED) is 0.677. The second-order valence-corrected chi connectivity index (χ2v) is 5.47. The maximum absolute atomic E-state index is 3.51. The van der Waals surface area contributed by atoms with E-state index in [1.807, 2.05) is 0 Å². The van der Waals surface area contributed by atoms with Crippen LogP contribution in [0, 0.1) is 17.8 Å². The fraction of sp³-hybridized carbons (Fsp3) is 1.00. The zero-order chi connectivity index (χ0) is 9.80. The van der Waals surface area contributed by atoms with Crippen LogP contribution in [0.2, 0.25) is 0 Å². The topological polar surface area (TPSA) is 12.0 Å². The van der Waals surface area contributed by atoms with E-state index in [9.17, 15) is 0 Å². The molecule has 0 spiro atoms. The van der Waals surface area contributed by atoms with Crippen molar-refractivity contribution in [3.63, 3.8) is 0 Å². The van der Waals surface area contributed by atoms with Gasteiger partial charge in [-0.2, -0.15) is 0 Å². The third-order valence-electron chi connectivity index (χ3n) is 4.26. The van der Waals surface area contributed by atoms with Crippen LogP contribution in [-0.4, -0.2) is 13.1 Å². The Bertz CT molecular complexity index is 159. The first-order valence-electron chi connectivity index (χ1n) is 6.57. The molecule has 0 bridgehead atoms. The first-order chi connectivity index (χ1) is 6.86. The Morgan fingerprint density at radius 3 is 2.14 bits per heavy atom. The Balaban J connectivity index is 1.81. The Hall–Kier alpha value is -0.0400. The van der Waals surface area contributed by atoms with Gasteiger partial charge in [-0.1, -0.05) is 13.3 Å². The third-order valence-corrected chi connectivity index (χ3v) is 4.26. The van der Waals surface area contributed by atoms with Gasteiger partial charge in [0.2, 0.25) is 0 Å². The average molecular weight is 195 g/mol. The molecule has 2 atom stereocenters. The van der Waals surface area contributed by atoms with Crippen LogP contribution in [0.5, 0.6) is 0 Å². The maximum atomic E-state index is 3.51. The normalized spacial score (nSPS) is 36.6. The van der Waals surface area contributed by atoms with Crippen LogP contribution in [-0.2, 0) is 0 Å². The summed E-state index contributed by atoms with van der Waals surface area (Å²) < 4.78 is 0. The van der Waals surface area contributed by atoms with Crippen molar-refractivity contribution in [3.8, 4) is 0 Å². The van der Waals surface area contributed by atoms with E-state index in [0.717, 1.165) is 17.8 Å². The zero-order valence-electron chi connectivity index (χ0n) is 9.60. The van der Waals surface area contributed by atoms with Crippen molar-refractivity contribution in [2.75, 3.05) is 13.1 Å². The summed E-state index contributed by atoms with van der Waals surface area (Å²) in [7, 11) is 0. The summed E-state index contributed by atoms with van der Waals surface area (Å²) in [4.78, 5) is 0. The van der Waals surface area contributed by atoms with Gasteiger partial charge in [-0.25, -0.2) is 0 Å². The predicted octanol–water partition coefficient (Wildman–Crippen LogP) is 3.20. The molecule has 2 rings (SSSR count). The molecule has 0 aromatic carbocycles. The predicted molar refractivity (Wildman–Crippen MR) is 61.3 cm³/mol. The molecule has 2 fully saturated rings. The summed E-state index contributed by atoms with van der Waals surface area (Å²) in [5.74, 6) is 3.17. The minimum absolute atomic E-state index is 1.02. The highest BCUT2D eigenvalue weighted by molar-refractivity contribution is 4.80. The molecule has 14 heavy (non-hydrogen) atoms. The molecule has 0 radical (unpaired) electrons. The van der Waals surface area contributed by atoms with E-state index in [-0.39, 0.29) is 0 Å². The lowest BCUT2D eigenvalue weighted by atomic mass is 9.82. The lowest BCUT2D eigenvalue weighted by molar-refractivity contribution is 0.268. The molecular weight excluding hydrogens is 170 g/mol. The molecular formula is C13H25N. The van der Waals surface area contributed by atoms with Gasteiger partial charge in [0.05, 0.1) is 0 Å². The summed E-state index contributed by atoms with van der Waals surface area (Å²) in [5, 5.41) is 3.51. The molecule has 2 unspecified atom stereocenters. The van der Waals surface area contributed by atoms with E-state index in [0.29, 0.717) is 0 Å². The SMILES string of the molecule is CC1CCC(C2CCCNCCC2)C1. The molecule has 1 saturated carbocycles. The molecule has 0 amide bonds. The van der Waals surface area contributed by atoms with Crippen molar-refractivity contribution in [2.24, 2.45) is 17.8 Å². The molecule has 2 aliphatic rings. The number of rotatable bonds is 1. The van der Waals surface area contributed by atoms with E-state index in [1.54, 1.807) is 0 Å². The van der Waals surface area contributed by atoms with Crippen molar-refractivity contribution < 1.29 is 0 Å². The van der Waals surface area contributed by atoms with Gasteiger partial charge >= 0.3 is 0 Å². The van der Waals surface area contributed by atoms with Crippen molar-refractivity contribution in [2.45, 2.75) is 51.9 Å². The molecule has 0 aromatic rings. The summed E-state index contributed by atoms with van der Waals surface area (Å²) in [5.41, 5.74) is 0. The molecule has 1 heteroatoms. The third kappa shape index (κ3) is 2.73. The second-order valence-electron chi connectivity index (χ2n) is 5.47. The Labute approximate surface area is 88.7 Å². The van der Waals surface area contributed by atoms with E-state index in [4.69, 9.17) is 0 Å². The minimum atomic E-state index is 1.02. The average Bonchev–Trinajstić information content (AvgIpc) is 2.51. The van der Waals surface area contributed by atoms with Gasteiger partial charge in [-0.15, -0.1) is 0 Å². The molecule has 1 saturated heterocycles. The highest BCUT2D eigenvalue weighted by Gasteiger charge is 2.28. The molecule has 1 aliphatic carbocycles. The zero-order valence-corrected chi connectivity index (χ0v) is 9.60. The Morgan fingerprint density at radius 1 is 0.857 bits per heavy atom. The van der Waals surface area contributed by atoms with Gasteiger partial charge in [0.1, 0.15) is 0 Å². The number of hydrogen-bond donors (Lipinski definition) is 1. The fourth-order valence-corrected chi connectivity index (χ4v) is 3.40. The minimum Gasteiger partial charge on any atom is -0.317 e. The summed E-state index contributed by atoms with van der Waals surface area (Å²) in [6.45, 7) is 4.96. The lowest BCUT2D eigenvalue weighted by Crippen LogP contribution is -2.24. The van der Waals surface area contributed by atoms with Gasteiger partial charge in [0.25, 0.3) is 0 Å². The summed E-state index contributed by atoms with van der Waals surface area (Å²) >= 11 is 0. The highest BCUT2D eigenvalue weighted by Crippen LogP contribution is 2.39. The first kappa shape index (κ1) is 10.5. The van der Waals surface area contributed by atoms with Gasteiger partial charge in [-0.3, -0.25) is 0 Å². The summed E-state index contributed by atoms with van der Waals surface area (Å²) in [6, 6.07) is 0. The Morgan fingerprint density at radius 2 is 1.57 bits per heavy atom. The van der Waals surface area contributed by atoms with Crippen molar-refractivity contribution in [1.29, 1.82) is 0 Å². The summed E-state index contributed by atoms with van der Waals surface area (Å²) in [6.07, 6.45) is 10.4. The fourth-order valence-electron chi connectivity index (χ4n) is 3.40. The number of nitrogens with one attached hydrogen (secondary N) is 1. The highest BCUT2D eigenvalue weighted by atomic mass is 14.8. The van der Waals surface area contributed by atoms with E-state index in [1.165, 1.54) is 58.0 Å². The largest absolute Gasteiger partial charge is 0.317 e. The number of hydrogen-bond acceptors (Lipinski definition) is 1. The monoisotopic (exact) mass is 195 g/mol. The lowest BCUT2D eigenvalue weighted by Gasteiger charge is -2.25.